The van der Waals surface area contributed by atoms with Gasteiger partial charge in [0.25, 0.3) is 5.91 Å². The third kappa shape index (κ3) is 4.69. The van der Waals surface area contributed by atoms with Gasteiger partial charge in [0.15, 0.2) is 10.9 Å². The number of hydrogen-bond donors (Lipinski definition) is 2. The summed E-state index contributed by atoms with van der Waals surface area (Å²) in [6, 6.07) is 14.0. The highest BCUT2D eigenvalue weighted by Gasteiger charge is 2.18. The Morgan fingerprint density at radius 1 is 1.12 bits per heavy atom. The molecular weight excluding hydrogens is 438 g/mol. The minimum absolute atomic E-state index is 0.103. The molecular formula is C24H25N5O3S. The zero-order valence-electron chi connectivity index (χ0n) is 18.3. The van der Waals surface area contributed by atoms with Crippen molar-refractivity contribution in [3.63, 3.8) is 0 Å². The van der Waals surface area contributed by atoms with Gasteiger partial charge >= 0.3 is 0 Å². The first-order valence-electron chi connectivity index (χ1n) is 10.9. The van der Waals surface area contributed by atoms with Gasteiger partial charge in [-0.05, 0) is 48.4 Å². The third-order valence-corrected chi connectivity index (χ3v) is 6.87. The number of hydrogen-bond acceptors (Lipinski definition) is 7. The Bertz CT molecular complexity index is 1340. The fourth-order valence-electron chi connectivity index (χ4n) is 4.19. The van der Waals surface area contributed by atoms with Crippen molar-refractivity contribution in [2.75, 3.05) is 42.9 Å². The quantitative estimate of drug-likeness (QED) is 0.454. The Morgan fingerprint density at radius 2 is 1.94 bits per heavy atom. The molecule has 1 fully saturated rings. The zero-order valence-corrected chi connectivity index (χ0v) is 19.2. The topological polar surface area (TPSA) is 105 Å². The molecule has 2 aromatic carbocycles. The van der Waals surface area contributed by atoms with Crippen LogP contribution in [0.2, 0.25) is 0 Å². The summed E-state index contributed by atoms with van der Waals surface area (Å²) in [6.07, 6.45) is 0.972. The Balaban J connectivity index is 1.17. The van der Waals surface area contributed by atoms with Crippen LogP contribution < -0.4 is 16.0 Å². The van der Waals surface area contributed by atoms with Crippen LogP contribution in [0.15, 0.2) is 46.9 Å². The van der Waals surface area contributed by atoms with Crippen LogP contribution in [0.4, 0.5) is 10.8 Å². The van der Waals surface area contributed by atoms with Gasteiger partial charge in [0.1, 0.15) is 5.58 Å². The second kappa shape index (κ2) is 8.84. The number of carbonyl (C=O) groups is 2. The number of nitrogens with zero attached hydrogens (tertiary/aromatic N) is 3. The van der Waals surface area contributed by atoms with E-state index in [9.17, 15) is 9.59 Å². The first-order valence-corrected chi connectivity index (χ1v) is 11.7. The minimum Gasteiger partial charge on any atom is -0.451 e. The molecule has 3 heterocycles. The molecule has 0 unspecified atom stereocenters. The van der Waals surface area contributed by atoms with E-state index in [0.717, 1.165) is 60.4 Å². The normalized spacial score (nSPS) is 14.8. The zero-order chi connectivity index (χ0) is 22.9. The number of benzene rings is 2. The van der Waals surface area contributed by atoms with Gasteiger partial charge in [-0.2, -0.15) is 0 Å². The largest absolute Gasteiger partial charge is 0.451 e. The van der Waals surface area contributed by atoms with E-state index < -0.39 is 5.91 Å². The second-order valence-corrected chi connectivity index (χ2v) is 9.31. The number of furan rings is 1. The van der Waals surface area contributed by atoms with Crippen LogP contribution in [0.25, 0.3) is 21.2 Å². The Kier molecular flexibility index (Phi) is 5.74. The number of piperazine rings is 1. The van der Waals surface area contributed by atoms with Crippen LogP contribution in [0.3, 0.4) is 0 Å². The van der Waals surface area contributed by atoms with Crippen molar-refractivity contribution in [3.8, 4) is 0 Å². The molecule has 5 rings (SSSR count). The Labute approximate surface area is 195 Å². The van der Waals surface area contributed by atoms with E-state index in [4.69, 9.17) is 10.2 Å². The van der Waals surface area contributed by atoms with Crippen LogP contribution in [0.5, 0.6) is 0 Å². The van der Waals surface area contributed by atoms with Gasteiger partial charge in [-0.3, -0.25) is 14.5 Å². The average Bonchev–Trinajstić information content (AvgIpc) is 3.40. The molecule has 1 aliphatic heterocycles. The summed E-state index contributed by atoms with van der Waals surface area (Å²) in [4.78, 5) is 31.9. The highest BCUT2D eigenvalue weighted by Crippen LogP contribution is 2.28. The number of nitrogens with one attached hydrogen (secondary N) is 1. The summed E-state index contributed by atoms with van der Waals surface area (Å²) in [5, 5.41) is 4.30. The molecule has 33 heavy (non-hydrogen) atoms. The molecule has 2 amide bonds. The molecule has 0 aliphatic carbocycles. The molecule has 8 nitrogen and oxygen atoms in total. The molecule has 2 aromatic heterocycles. The van der Waals surface area contributed by atoms with E-state index in [2.05, 4.69) is 38.3 Å². The van der Waals surface area contributed by atoms with E-state index in [-0.39, 0.29) is 11.7 Å². The summed E-state index contributed by atoms with van der Waals surface area (Å²) in [6.45, 7) is 6.36. The average molecular weight is 464 g/mol. The van der Waals surface area contributed by atoms with Crippen LogP contribution in [-0.2, 0) is 11.2 Å². The number of fused-ring (bicyclic) bond motifs is 2. The monoisotopic (exact) mass is 463 g/mol. The number of primary amides is 1. The lowest BCUT2D eigenvalue weighted by molar-refractivity contribution is -0.114. The number of aromatic nitrogens is 1. The SMILES string of the molecule is CC(=O)Nc1nc2ccc(CCN3CCN(c4ccc5oc(C(N)=O)cc5c4)CC3)cc2s1. The van der Waals surface area contributed by atoms with Crippen molar-refractivity contribution in [3.05, 3.63) is 53.8 Å². The van der Waals surface area contributed by atoms with Crippen LogP contribution in [0, 0.1) is 0 Å². The van der Waals surface area contributed by atoms with E-state index >= 15 is 0 Å². The van der Waals surface area contributed by atoms with Gasteiger partial charge in [-0.25, -0.2) is 4.98 Å². The number of thiazole rings is 1. The molecule has 4 aromatic rings. The fraction of sp³-hybridized carbons (Fsp3) is 0.292. The predicted molar refractivity (Wildman–Crippen MR) is 131 cm³/mol. The molecule has 170 valence electrons. The lowest BCUT2D eigenvalue weighted by atomic mass is 10.1. The van der Waals surface area contributed by atoms with Crippen molar-refractivity contribution in [1.82, 2.24) is 9.88 Å². The minimum atomic E-state index is -0.552. The second-order valence-electron chi connectivity index (χ2n) is 8.28. The predicted octanol–water partition coefficient (Wildman–Crippen LogP) is 3.46. The maximum atomic E-state index is 11.4. The first-order chi connectivity index (χ1) is 15.9. The molecule has 9 heteroatoms. The molecule has 3 N–H and O–H groups in total. The lowest BCUT2D eigenvalue weighted by Crippen LogP contribution is -2.47. The molecule has 0 saturated carbocycles. The standard InChI is InChI=1S/C24H25N5O3S/c1-15(30)26-24-27-19-4-2-16(12-22(19)33-24)6-7-28-8-10-29(11-9-28)18-3-5-20-17(13-18)14-21(32-20)23(25)31/h2-5,12-14H,6-11H2,1H3,(H2,25,31)(H,26,27,30). The maximum absolute atomic E-state index is 11.4. The van der Waals surface area contributed by atoms with Crippen LogP contribution in [0.1, 0.15) is 23.0 Å². The molecule has 0 radical (unpaired) electrons. The van der Waals surface area contributed by atoms with Crippen LogP contribution >= 0.6 is 11.3 Å². The molecule has 1 aliphatic rings. The summed E-state index contributed by atoms with van der Waals surface area (Å²) in [7, 11) is 0. The molecule has 0 bridgehead atoms. The van der Waals surface area contributed by atoms with E-state index in [0.29, 0.717) is 10.7 Å². The fourth-order valence-corrected chi connectivity index (χ4v) is 5.17. The molecule has 0 atom stereocenters. The number of anilines is 2. The van der Waals surface area contributed by atoms with Gasteiger partial charge < -0.3 is 20.4 Å². The van der Waals surface area contributed by atoms with E-state index in [1.54, 1.807) is 6.07 Å². The van der Waals surface area contributed by atoms with Crippen LogP contribution in [-0.4, -0.2) is 54.4 Å². The summed E-state index contributed by atoms with van der Waals surface area (Å²) >= 11 is 1.51. The number of amides is 2. The van der Waals surface area contributed by atoms with Crippen molar-refractivity contribution >= 4 is 55.2 Å². The van der Waals surface area contributed by atoms with Gasteiger partial charge in [0.2, 0.25) is 5.91 Å². The lowest BCUT2D eigenvalue weighted by Gasteiger charge is -2.36. The van der Waals surface area contributed by atoms with Gasteiger partial charge in [-0.15, -0.1) is 0 Å². The Hall–Kier alpha value is -3.43. The maximum Gasteiger partial charge on any atom is 0.284 e. The number of rotatable bonds is 6. The smallest absolute Gasteiger partial charge is 0.284 e. The highest BCUT2D eigenvalue weighted by molar-refractivity contribution is 7.22. The Morgan fingerprint density at radius 3 is 2.70 bits per heavy atom. The summed E-state index contributed by atoms with van der Waals surface area (Å²) in [5.41, 5.74) is 9.32. The van der Waals surface area contributed by atoms with E-state index in [1.165, 1.54) is 23.8 Å². The van der Waals surface area contributed by atoms with E-state index in [1.807, 2.05) is 18.2 Å². The van der Waals surface area contributed by atoms with Crippen molar-refractivity contribution in [1.29, 1.82) is 0 Å². The third-order valence-electron chi connectivity index (χ3n) is 5.93. The van der Waals surface area contributed by atoms with Gasteiger partial charge in [0.05, 0.1) is 10.2 Å². The van der Waals surface area contributed by atoms with Crippen molar-refractivity contribution < 1.29 is 14.0 Å². The summed E-state index contributed by atoms with van der Waals surface area (Å²) in [5.74, 6) is -0.465. The molecule has 1 saturated heterocycles. The van der Waals surface area contributed by atoms with Crippen molar-refractivity contribution in [2.45, 2.75) is 13.3 Å². The molecule has 0 spiro atoms. The number of carbonyl (C=O) groups excluding carboxylic acids is 2. The van der Waals surface area contributed by atoms with Gasteiger partial charge in [0, 0.05) is 50.7 Å². The highest BCUT2D eigenvalue weighted by atomic mass is 32.1. The first kappa shape index (κ1) is 21.4. The van der Waals surface area contributed by atoms with Crippen molar-refractivity contribution in [2.24, 2.45) is 5.73 Å². The summed E-state index contributed by atoms with van der Waals surface area (Å²) < 4.78 is 6.58. The number of nitrogens with two attached hydrogens (primary N) is 1. The van der Waals surface area contributed by atoms with Gasteiger partial charge in [-0.1, -0.05) is 17.4 Å².